The van der Waals surface area contributed by atoms with E-state index < -0.39 is 11.6 Å². The van der Waals surface area contributed by atoms with Crippen molar-refractivity contribution in [2.75, 3.05) is 11.1 Å². The number of hydrogen-bond acceptors (Lipinski definition) is 3. The first kappa shape index (κ1) is 13.9. The average Bonchev–Trinajstić information content (AvgIpc) is 2.42. The quantitative estimate of drug-likeness (QED) is 0.834. The number of fused-ring (bicyclic) bond motifs is 1. The number of nitrogens with one attached hydrogen (secondary N) is 1. The van der Waals surface area contributed by atoms with Crippen molar-refractivity contribution in [3.8, 4) is 0 Å². The van der Waals surface area contributed by atoms with Crippen molar-refractivity contribution < 1.29 is 13.6 Å². The first-order valence-electron chi connectivity index (χ1n) is 6.38. The van der Waals surface area contributed by atoms with Crippen LogP contribution in [0.25, 0.3) is 0 Å². The summed E-state index contributed by atoms with van der Waals surface area (Å²) in [6.07, 6.45) is 1.05. The zero-order chi connectivity index (χ0) is 15.0. The van der Waals surface area contributed by atoms with Crippen LogP contribution in [-0.2, 0) is 11.2 Å². The lowest BCUT2D eigenvalue weighted by Crippen LogP contribution is -2.19. The van der Waals surface area contributed by atoms with Gasteiger partial charge in [-0.15, -0.1) is 0 Å². The van der Waals surface area contributed by atoms with E-state index in [4.69, 9.17) is 5.73 Å². The van der Waals surface area contributed by atoms with Gasteiger partial charge in [0.25, 0.3) is 0 Å². The number of benzene rings is 2. The molecule has 108 valence electrons. The van der Waals surface area contributed by atoms with E-state index in [0.717, 1.165) is 23.4 Å². The van der Waals surface area contributed by atoms with E-state index in [2.05, 4.69) is 5.32 Å². The van der Waals surface area contributed by atoms with Crippen LogP contribution in [0.15, 0.2) is 40.1 Å². The van der Waals surface area contributed by atoms with Gasteiger partial charge in [0.05, 0.1) is 0 Å². The molecule has 1 aliphatic rings. The molecule has 0 spiro atoms. The lowest BCUT2D eigenvalue weighted by molar-refractivity contribution is -0.116. The molecule has 1 heterocycles. The second kappa shape index (κ2) is 5.37. The van der Waals surface area contributed by atoms with Crippen molar-refractivity contribution in [3.05, 3.63) is 47.5 Å². The van der Waals surface area contributed by atoms with Gasteiger partial charge < -0.3 is 11.1 Å². The zero-order valence-corrected chi connectivity index (χ0v) is 11.8. The topological polar surface area (TPSA) is 55.1 Å². The molecular formula is C15H12F2N2OS. The minimum absolute atomic E-state index is 0.0353. The molecule has 0 atom stereocenters. The Bertz CT molecular complexity index is 734. The molecule has 2 aromatic rings. The van der Waals surface area contributed by atoms with Crippen LogP contribution >= 0.6 is 11.8 Å². The lowest BCUT2D eigenvalue weighted by atomic mass is 10.0. The third-order valence-corrected chi connectivity index (χ3v) is 4.37. The summed E-state index contributed by atoms with van der Waals surface area (Å²) in [4.78, 5) is 12.3. The molecule has 0 aliphatic carbocycles. The van der Waals surface area contributed by atoms with Crippen molar-refractivity contribution in [2.45, 2.75) is 22.6 Å². The Hall–Kier alpha value is -2.08. The molecule has 0 aromatic heterocycles. The number of nitrogen functional groups attached to an aromatic ring is 1. The number of aryl methyl sites for hydroxylation is 1. The maximum atomic E-state index is 13.7. The highest BCUT2D eigenvalue weighted by Gasteiger charge is 2.17. The van der Waals surface area contributed by atoms with Crippen LogP contribution in [-0.4, -0.2) is 5.91 Å². The molecule has 0 saturated heterocycles. The van der Waals surface area contributed by atoms with E-state index in [9.17, 15) is 13.6 Å². The molecule has 3 N–H and O–H groups in total. The Kier molecular flexibility index (Phi) is 3.55. The monoisotopic (exact) mass is 306 g/mol. The average molecular weight is 306 g/mol. The number of amides is 1. The second-order valence-corrected chi connectivity index (χ2v) is 5.86. The molecule has 0 saturated carbocycles. The fraction of sp³-hybridized carbons (Fsp3) is 0.133. The van der Waals surface area contributed by atoms with E-state index in [1.807, 2.05) is 6.07 Å². The summed E-state index contributed by atoms with van der Waals surface area (Å²) < 4.78 is 26.6. The summed E-state index contributed by atoms with van der Waals surface area (Å²) >= 11 is 1.14. The molecule has 0 bridgehead atoms. The molecule has 0 radical (unpaired) electrons. The normalized spacial score (nSPS) is 13.7. The predicted octanol–water partition coefficient (Wildman–Crippen LogP) is 3.58. The van der Waals surface area contributed by atoms with Crippen LogP contribution in [0.4, 0.5) is 20.2 Å². The number of rotatable bonds is 2. The van der Waals surface area contributed by atoms with Crippen molar-refractivity contribution >= 4 is 29.0 Å². The molecule has 6 heteroatoms. The predicted molar refractivity (Wildman–Crippen MR) is 78.3 cm³/mol. The van der Waals surface area contributed by atoms with Crippen molar-refractivity contribution in [2.24, 2.45) is 0 Å². The number of anilines is 2. The SMILES string of the molecule is Nc1cc2c(cc1Sc1ccc(F)cc1F)CCC(=O)N2. The summed E-state index contributed by atoms with van der Waals surface area (Å²) in [5, 5.41) is 2.76. The Labute approximate surface area is 124 Å². The molecule has 3 nitrogen and oxygen atoms in total. The van der Waals surface area contributed by atoms with E-state index in [1.165, 1.54) is 12.1 Å². The first-order valence-corrected chi connectivity index (χ1v) is 7.20. The smallest absolute Gasteiger partial charge is 0.224 e. The van der Waals surface area contributed by atoms with Crippen LogP contribution in [0.2, 0.25) is 0 Å². The van der Waals surface area contributed by atoms with Crippen molar-refractivity contribution in [1.82, 2.24) is 0 Å². The Balaban J connectivity index is 1.94. The molecule has 2 aromatic carbocycles. The van der Waals surface area contributed by atoms with Crippen LogP contribution in [0.1, 0.15) is 12.0 Å². The van der Waals surface area contributed by atoms with Gasteiger partial charge in [-0.25, -0.2) is 8.78 Å². The number of hydrogen-bond donors (Lipinski definition) is 2. The highest BCUT2D eigenvalue weighted by atomic mass is 32.2. The Morgan fingerprint density at radius 3 is 2.67 bits per heavy atom. The van der Waals surface area contributed by atoms with Gasteiger partial charge in [-0.2, -0.15) is 0 Å². The van der Waals surface area contributed by atoms with Gasteiger partial charge in [0.1, 0.15) is 11.6 Å². The van der Waals surface area contributed by atoms with Gasteiger partial charge >= 0.3 is 0 Å². The van der Waals surface area contributed by atoms with Crippen molar-refractivity contribution in [1.29, 1.82) is 0 Å². The molecule has 0 unspecified atom stereocenters. The molecule has 21 heavy (non-hydrogen) atoms. The zero-order valence-electron chi connectivity index (χ0n) is 11.0. The van der Waals surface area contributed by atoms with Crippen LogP contribution < -0.4 is 11.1 Å². The fourth-order valence-electron chi connectivity index (χ4n) is 2.19. The first-order chi connectivity index (χ1) is 10.0. The van der Waals surface area contributed by atoms with Gasteiger partial charge in [0.2, 0.25) is 5.91 Å². The minimum atomic E-state index is -0.620. The second-order valence-electron chi connectivity index (χ2n) is 4.77. The third-order valence-electron chi connectivity index (χ3n) is 3.24. The standard InChI is InChI=1S/C15H12F2N2OS/c16-9-2-3-13(10(17)6-9)21-14-5-8-1-4-15(20)19-12(8)7-11(14)18/h2-3,5-7H,1,4,18H2,(H,19,20). The molecule has 3 rings (SSSR count). The maximum Gasteiger partial charge on any atom is 0.224 e. The van der Waals surface area contributed by atoms with Gasteiger partial charge in [-0.3, -0.25) is 4.79 Å². The van der Waals surface area contributed by atoms with E-state index in [1.54, 1.807) is 6.07 Å². The Morgan fingerprint density at radius 2 is 1.90 bits per heavy atom. The number of carbonyl (C=O) groups is 1. The van der Waals surface area contributed by atoms with Crippen LogP contribution in [0, 0.1) is 11.6 Å². The highest BCUT2D eigenvalue weighted by Crippen LogP contribution is 2.38. The summed E-state index contributed by atoms with van der Waals surface area (Å²) in [6.45, 7) is 0. The molecular weight excluding hydrogens is 294 g/mol. The fourth-order valence-corrected chi connectivity index (χ4v) is 3.09. The summed E-state index contributed by atoms with van der Waals surface area (Å²) in [5.41, 5.74) is 8.07. The van der Waals surface area contributed by atoms with Gasteiger partial charge in [-0.1, -0.05) is 11.8 Å². The third kappa shape index (κ3) is 2.85. The minimum Gasteiger partial charge on any atom is -0.398 e. The largest absolute Gasteiger partial charge is 0.398 e. The van der Waals surface area contributed by atoms with E-state index in [0.29, 0.717) is 34.0 Å². The van der Waals surface area contributed by atoms with E-state index in [-0.39, 0.29) is 5.91 Å². The van der Waals surface area contributed by atoms with Gasteiger partial charge in [0, 0.05) is 33.7 Å². The number of nitrogens with two attached hydrogens (primary N) is 1. The van der Waals surface area contributed by atoms with Crippen molar-refractivity contribution in [3.63, 3.8) is 0 Å². The summed E-state index contributed by atoms with van der Waals surface area (Å²) in [7, 11) is 0. The number of halogens is 2. The highest BCUT2D eigenvalue weighted by molar-refractivity contribution is 7.99. The summed E-state index contributed by atoms with van der Waals surface area (Å²) in [5.74, 6) is -1.27. The van der Waals surface area contributed by atoms with Crippen LogP contribution in [0.3, 0.4) is 0 Å². The lowest BCUT2D eigenvalue weighted by Gasteiger charge is -2.19. The van der Waals surface area contributed by atoms with Crippen LogP contribution in [0.5, 0.6) is 0 Å². The Morgan fingerprint density at radius 1 is 1.10 bits per heavy atom. The maximum absolute atomic E-state index is 13.7. The summed E-state index contributed by atoms with van der Waals surface area (Å²) in [6, 6.07) is 6.96. The van der Waals surface area contributed by atoms with Gasteiger partial charge in [0.15, 0.2) is 0 Å². The number of carbonyl (C=O) groups excluding carboxylic acids is 1. The molecule has 0 fully saturated rings. The van der Waals surface area contributed by atoms with E-state index >= 15 is 0 Å². The molecule has 1 aliphatic heterocycles. The van der Waals surface area contributed by atoms with Gasteiger partial charge in [-0.05, 0) is 36.2 Å². The molecule has 1 amide bonds.